The van der Waals surface area contributed by atoms with Crippen LogP contribution in [0.2, 0.25) is 0 Å². The van der Waals surface area contributed by atoms with Crippen LogP contribution in [0, 0.1) is 5.92 Å². The van der Waals surface area contributed by atoms with Crippen LogP contribution in [0.3, 0.4) is 0 Å². The van der Waals surface area contributed by atoms with E-state index in [0.717, 1.165) is 16.8 Å². The van der Waals surface area contributed by atoms with Crippen molar-refractivity contribution in [1.82, 2.24) is 4.90 Å². The highest BCUT2D eigenvalue weighted by Crippen LogP contribution is 2.29. The fourth-order valence-electron chi connectivity index (χ4n) is 2.16. The van der Waals surface area contributed by atoms with Gasteiger partial charge in [0.1, 0.15) is 5.75 Å². The quantitative estimate of drug-likeness (QED) is 0.877. The van der Waals surface area contributed by atoms with Crippen molar-refractivity contribution in [2.75, 3.05) is 27.2 Å². The van der Waals surface area contributed by atoms with Gasteiger partial charge in [0.25, 0.3) is 0 Å². The Labute approximate surface area is 118 Å². The van der Waals surface area contributed by atoms with Crippen molar-refractivity contribution in [2.45, 2.75) is 19.9 Å². The van der Waals surface area contributed by atoms with Crippen molar-refractivity contribution in [1.29, 1.82) is 0 Å². The summed E-state index contributed by atoms with van der Waals surface area (Å²) < 4.78 is 6.22. The van der Waals surface area contributed by atoms with Gasteiger partial charge in [-0.1, -0.05) is 19.9 Å². The van der Waals surface area contributed by atoms with Gasteiger partial charge in [-0.15, -0.1) is 0 Å². The van der Waals surface area contributed by atoms with Crippen LogP contribution < -0.4 is 10.5 Å². The summed E-state index contributed by atoms with van der Waals surface area (Å²) in [5.74, 6) is 1.48. The van der Waals surface area contributed by atoms with E-state index in [2.05, 4.69) is 53.9 Å². The van der Waals surface area contributed by atoms with Crippen LogP contribution in [0.5, 0.6) is 5.75 Å². The van der Waals surface area contributed by atoms with Crippen LogP contribution in [0.25, 0.3) is 0 Å². The van der Waals surface area contributed by atoms with Crippen molar-refractivity contribution in [3.63, 3.8) is 0 Å². The largest absolute Gasteiger partial charge is 0.496 e. The van der Waals surface area contributed by atoms with Crippen LogP contribution in [-0.4, -0.2) is 32.1 Å². The first-order valence-corrected chi connectivity index (χ1v) is 7.02. The molecule has 0 radical (unpaired) electrons. The zero-order valence-corrected chi connectivity index (χ0v) is 13.2. The second-order valence-corrected chi connectivity index (χ2v) is 5.83. The SMILES string of the molecule is COc1ccc(C(CN)N(C)CC(C)C)cc1Br. The Morgan fingerprint density at radius 2 is 2.06 bits per heavy atom. The highest BCUT2D eigenvalue weighted by atomic mass is 79.9. The molecule has 1 aromatic rings. The van der Waals surface area contributed by atoms with E-state index < -0.39 is 0 Å². The number of halogens is 1. The average Bonchev–Trinajstić information content (AvgIpc) is 2.29. The van der Waals surface area contributed by atoms with Crippen molar-refractivity contribution in [3.05, 3.63) is 28.2 Å². The Morgan fingerprint density at radius 3 is 2.50 bits per heavy atom. The number of hydrogen-bond acceptors (Lipinski definition) is 3. The number of benzene rings is 1. The fraction of sp³-hybridized carbons (Fsp3) is 0.571. The maximum atomic E-state index is 5.91. The van der Waals surface area contributed by atoms with Crippen molar-refractivity contribution < 1.29 is 4.74 Å². The lowest BCUT2D eigenvalue weighted by Gasteiger charge is -2.29. The molecule has 3 nitrogen and oxygen atoms in total. The lowest BCUT2D eigenvalue weighted by Crippen LogP contribution is -2.33. The standard InChI is InChI=1S/C14H23BrN2O/c1-10(2)9-17(3)13(8-16)11-5-6-14(18-4)12(15)7-11/h5-7,10,13H,8-9,16H2,1-4H3. The van der Waals surface area contributed by atoms with E-state index in [1.54, 1.807) is 7.11 Å². The molecule has 4 heteroatoms. The summed E-state index contributed by atoms with van der Waals surface area (Å²) >= 11 is 3.52. The van der Waals surface area contributed by atoms with Crippen LogP contribution in [0.15, 0.2) is 22.7 Å². The Kier molecular flexibility index (Phi) is 6.12. The van der Waals surface area contributed by atoms with Crippen LogP contribution in [0.4, 0.5) is 0 Å². The molecule has 0 aliphatic carbocycles. The third-order valence-electron chi connectivity index (χ3n) is 2.97. The van der Waals surface area contributed by atoms with Gasteiger partial charge in [0, 0.05) is 19.1 Å². The van der Waals surface area contributed by atoms with E-state index in [4.69, 9.17) is 10.5 Å². The molecule has 0 aliphatic heterocycles. The summed E-state index contributed by atoms with van der Waals surface area (Å²) in [4.78, 5) is 2.30. The number of methoxy groups -OCH3 is 1. The van der Waals surface area contributed by atoms with Crippen molar-refractivity contribution in [3.8, 4) is 5.75 Å². The van der Waals surface area contributed by atoms with Crippen molar-refractivity contribution >= 4 is 15.9 Å². The molecule has 1 rings (SSSR count). The monoisotopic (exact) mass is 314 g/mol. The van der Waals surface area contributed by atoms with Crippen LogP contribution >= 0.6 is 15.9 Å². The van der Waals surface area contributed by atoms with Crippen molar-refractivity contribution in [2.24, 2.45) is 11.7 Å². The summed E-state index contributed by atoms with van der Waals surface area (Å²) in [6.45, 7) is 6.08. The van der Waals surface area contributed by atoms with Gasteiger partial charge in [-0.05, 0) is 46.6 Å². The van der Waals surface area contributed by atoms with E-state index in [9.17, 15) is 0 Å². The molecular weight excluding hydrogens is 292 g/mol. The lowest BCUT2D eigenvalue weighted by molar-refractivity contribution is 0.223. The molecule has 0 fully saturated rings. The molecule has 0 aromatic heterocycles. The predicted octanol–water partition coefficient (Wildman–Crippen LogP) is 3.05. The van der Waals surface area contributed by atoms with Gasteiger partial charge < -0.3 is 10.5 Å². The molecule has 1 unspecified atom stereocenters. The molecule has 102 valence electrons. The molecule has 0 saturated carbocycles. The summed E-state index contributed by atoms with van der Waals surface area (Å²) in [6, 6.07) is 6.39. The Morgan fingerprint density at radius 1 is 1.39 bits per heavy atom. The molecule has 2 N–H and O–H groups in total. The first-order valence-electron chi connectivity index (χ1n) is 6.23. The van der Waals surface area contributed by atoms with Crippen LogP contribution in [0.1, 0.15) is 25.5 Å². The van der Waals surface area contributed by atoms with E-state index in [1.165, 1.54) is 5.56 Å². The number of rotatable bonds is 6. The van der Waals surface area contributed by atoms with Gasteiger partial charge in [0.2, 0.25) is 0 Å². The van der Waals surface area contributed by atoms with E-state index >= 15 is 0 Å². The molecule has 1 atom stereocenters. The number of hydrogen-bond donors (Lipinski definition) is 1. The van der Waals surface area contributed by atoms with Gasteiger partial charge >= 0.3 is 0 Å². The molecule has 18 heavy (non-hydrogen) atoms. The molecule has 0 aliphatic rings. The third kappa shape index (κ3) is 3.97. The topological polar surface area (TPSA) is 38.5 Å². The van der Waals surface area contributed by atoms with Gasteiger partial charge in [-0.3, -0.25) is 4.90 Å². The minimum absolute atomic E-state index is 0.245. The molecule has 0 spiro atoms. The Balaban J connectivity index is 2.91. The molecule has 0 saturated heterocycles. The highest BCUT2D eigenvalue weighted by molar-refractivity contribution is 9.10. The lowest BCUT2D eigenvalue weighted by atomic mass is 10.0. The van der Waals surface area contributed by atoms with Gasteiger partial charge in [0.15, 0.2) is 0 Å². The highest BCUT2D eigenvalue weighted by Gasteiger charge is 2.17. The zero-order chi connectivity index (χ0) is 13.7. The minimum atomic E-state index is 0.245. The average molecular weight is 315 g/mol. The van der Waals surface area contributed by atoms with Gasteiger partial charge in [-0.25, -0.2) is 0 Å². The first-order chi connectivity index (χ1) is 8.49. The number of nitrogens with zero attached hydrogens (tertiary/aromatic N) is 1. The molecule has 0 amide bonds. The van der Waals surface area contributed by atoms with Gasteiger partial charge in [0.05, 0.1) is 11.6 Å². The molecule has 1 aromatic carbocycles. The zero-order valence-electron chi connectivity index (χ0n) is 11.6. The summed E-state index contributed by atoms with van der Waals surface area (Å²) in [5.41, 5.74) is 7.13. The Bertz CT molecular complexity index is 382. The molecule has 0 bridgehead atoms. The van der Waals surface area contributed by atoms with E-state index in [0.29, 0.717) is 12.5 Å². The number of nitrogens with two attached hydrogens (primary N) is 1. The number of ether oxygens (including phenoxy) is 1. The smallest absolute Gasteiger partial charge is 0.133 e. The predicted molar refractivity (Wildman–Crippen MR) is 80.0 cm³/mol. The van der Waals surface area contributed by atoms with E-state index in [1.807, 2.05) is 6.07 Å². The minimum Gasteiger partial charge on any atom is -0.496 e. The summed E-state index contributed by atoms with van der Waals surface area (Å²) in [7, 11) is 3.79. The number of likely N-dealkylation sites (N-methyl/N-ethyl adjacent to an activating group) is 1. The normalized spacial score (nSPS) is 13.1. The van der Waals surface area contributed by atoms with Crippen LogP contribution in [-0.2, 0) is 0 Å². The summed E-state index contributed by atoms with van der Waals surface area (Å²) in [5, 5.41) is 0. The second-order valence-electron chi connectivity index (χ2n) is 4.98. The maximum Gasteiger partial charge on any atom is 0.133 e. The second kappa shape index (κ2) is 7.12. The molecule has 0 heterocycles. The third-order valence-corrected chi connectivity index (χ3v) is 3.59. The van der Waals surface area contributed by atoms with Gasteiger partial charge in [-0.2, -0.15) is 0 Å². The Hall–Kier alpha value is -0.580. The first kappa shape index (κ1) is 15.5. The maximum absolute atomic E-state index is 5.91. The fourth-order valence-corrected chi connectivity index (χ4v) is 2.72. The summed E-state index contributed by atoms with van der Waals surface area (Å²) in [6.07, 6.45) is 0. The molecular formula is C14H23BrN2O. The van der Waals surface area contributed by atoms with E-state index in [-0.39, 0.29) is 6.04 Å².